The van der Waals surface area contributed by atoms with Crippen molar-refractivity contribution in [2.24, 2.45) is 0 Å². The summed E-state index contributed by atoms with van der Waals surface area (Å²) in [5, 5.41) is 0.943. The zero-order valence-corrected chi connectivity index (χ0v) is 12.4. The van der Waals surface area contributed by atoms with Gasteiger partial charge in [0.1, 0.15) is 5.58 Å². The van der Waals surface area contributed by atoms with Gasteiger partial charge >= 0.3 is 0 Å². The van der Waals surface area contributed by atoms with Gasteiger partial charge in [0.2, 0.25) is 5.78 Å². The number of carbonyl (C=O) groups is 1. The number of hydrogen-bond acceptors (Lipinski definition) is 3. The average Bonchev–Trinajstić information content (AvgIpc) is 2.97. The Bertz CT molecular complexity index is 764. The monoisotopic (exact) mass is 294 g/mol. The van der Waals surface area contributed by atoms with Crippen LogP contribution in [-0.2, 0) is 0 Å². The highest BCUT2D eigenvalue weighted by molar-refractivity contribution is 7.98. The van der Waals surface area contributed by atoms with Gasteiger partial charge in [0.05, 0.1) is 0 Å². The van der Waals surface area contributed by atoms with Gasteiger partial charge in [0.25, 0.3) is 0 Å². The number of para-hydroxylation sites is 1. The molecule has 0 atom stereocenters. The summed E-state index contributed by atoms with van der Waals surface area (Å²) in [6.45, 7) is 0. The standard InChI is InChI=1S/C18H14O2S/c1-21-15-9-6-13(7-10-15)8-11-16(19)18-12-14-4-2-3-5-17(14)20-18/h2-12H,1H3. The summed E-state index contributed by atoms with van der Waals surface area (Å²) in [6, 6.07) is 17.4. The Hall–Kier alpha value is -2.26. The second-order valence-electron chi connectivity index (χ2n) is 4.62. The van der Waals surface area contributed by atoms with Crippen molar-refractivity contribution in [3.8, 4) is 0 Å². The lowest BCUT2D eigenvalue weighted by atomic mass is 10.2. The summed E-state index contributed by atoms with van der Waals surface area (Å²) >= 11 is 1.70. The number of fused-ring (bicyclic) bond motifs is 1. The molecule has 104 valence electrons. The molecular weight excluding hydrogens is 280 g/mol. The fourth-order valence-corrected chi connectivity index (χ4v) is 2.48. The molecule has 0 saturated carbocycles. The van der Waals surface area contributed by atoms with Crippen LogP contribution in [0, 0.1) is 0 Å². The van der Waals surface area contributed by atoms with Gasteiger partial charge in [-0.3, -0.25) is 4.79 Å². The zero-order chi connectivity index (χ0) is 14.7. The number of ketones is 1. The molecule has 0 radical (unpaired) electrons. The molecule has 0 fully saturated rings. The van der Waals surface area contributed by atoms with E-state index in [0.29, 0.717) is 5.76 Å². The van der Waals surface area contributed by atoms with Gasteiger partial charge in [-0.05, 0) is 42.2 Å². The topological polar surface area (TPSA) is 30.2 Å². The second kappa shape index (κ2) is 6.02. The minimum absolute atomic E-state index is 0.125. The summed E-state index contributed by atoms with van der Waals surface area (Å²) in [6.07, 6.45) is 5.39. The van der Waals surface area contributed by atoms with E-state index in [1.165, 1.54) is 4.90 Å². The first kappa shape index (κ1) is 13.7. The van der Waals surface area contributed by atoms with Gasteiger partial charge in [0, 0.05) is 10.3 Å². The first-order chi connectivity index (χ1) is 10.3. The van der Waals surface area contributed by atoms with Crippen molar-refractivity contribution in [1.29, 1.82) is 0 Å². The molecular formula is C18H14O2S. The number of hydrogen-bond donors (Lipinski definition) is 0. The van der Waals surface area contributed by atoms with Gasteiger partial charge < -0.3 is 4.42 Å². The first-order valence-electron chi connectivity index (χ1n) is 6.61. The zero-order valence-electron chi connectivity index (χ0n) is 11.6. The smallest absolute Gasteiger partial charge is 0.221 e. The van der Waals surface area contributed by atoms with Crippen molar-refractivity contribution in [2.45, 2.75) is 4.90 Å². The van der Waals surface area contributed by atoms with Crippen molar-refractivity contribution in [3.05, 3.63) is 72.0 Å². The highest BCUT2D eigenvalue weighted by Gasteiger charge is 2.08. The van der Waals surface area contributed by atoms with E-state index in [1.807, 2.05) is 54.8 Å². The van der Waals surface area contributed by atoms with Crippen LogP contribution < -0.4 is 0 Å². The van der Waals surface area contributed by atoms with E-state index in [9.17, 15) is 4.79 Å². The Balaban J connectivity index is 1.79. The molecule has 1 aromatic heterocycles. The number of thioether (sulfide) groups is 1. The van der Waals surface area contributed by atoms with Crippen LogP contribution in [0.25, 0.3) is 17.0 Å². The van der Waals surface area contributed by atoms with Crippen LogP contribution in [0.3, 0.4) is 0 Å². The quantitative estimate of drug-likeness (QED) is 0.383. The number of rotatable bonds is 4. The molecule has 1 heterocycles. The van der Waals surface area contributed by atoms with E-state index in [4.69, 9.17) is 4.42 Å². The third-order valence-electron chi connectivity index (χ3n) is 3.21. The molecule has 3 heteroatoms. The van der Waals surface area contributed by atoms with Crippen molar-refractivity contribution in [1.82, 2.24) is 0 Å². The van der Waals surface area contributed by atoms with Crippen LogP contribution in [0.1, 0.15) is 16.1 Å². The Morgan fingerprint density at radius 2 is 1.86 bits per heavy atom. The lowest BCUT2D eigenvalue weighted by Gasteiger charge is -1.96. The van der Waals surface area contributed by atoms with Crippen LogP contribution in [0.5, 0.6) is 0 Å². The minimum atomic E-state index is -0.125. The van der Waals surface area contributed by atoms with Crippen molar-refractivity contribution >= 4 is 34.6 Å². The molecule has 0 aliphatic rings. The van der Waals surface area contributed by atoms with Crippen molar-refractivity contribution < 1.29 is 9.21 Å². The molecule has 0 amide bonds. The summed E-state index contributed by atoms with van der Waals surface area (Å²) in [5.74, 6) is 0.244. The number of furan rings is 1. The molecule has 0 spiro atoms. The van der Waals surface area contributed by atoms with Crippen LogP contribution in [0.15, 0.2) is 70.0 Å². The largest absolute Gasteiger partial charge is 0.453 e. The van der Waals surface area contributed by atoms with Gasteiger partial charge in [-0.25, -0.2) is 0 Å². The molecule has 0 bridgehead atoms. The van der Waals surface area contributed by atoms with E-state index in [0.717, 1.165) is 16.5 Å². The molecule has 0 unspecified atom stereocenters. The second-order valence-corrected chi connectivity index (χ2v) is 5.50. The molecule has 0 saturated heterocycles. The lowest BCUT2D eigenvalue weighted by Crippen LogP contribution is -1.90. The molecule has 2 aromatic carbocycles. The summed E-state index contributed by atoms with van der Waals surface area (Å²) in [5.41, 5.74) is 1.73. The van der Waals surface area contributed by atoms with Crippen molar-refractivity contribution in [2.75, 3.05) is 6.26 Å². The Kier molecular flexibility index (Phi) is 3.93. The Labute approximate surface area is 127 Å². The third kappa shape index (κ3) is 3.09. The predicted octanol–water partition coefficient (Wildman–Crippen LogP) is 5.05. The van der Waals surface area contributed by atoms with E-state index >= 15 is 0 Å². The molecule has 3 rings (SSSR count). The van der Waals surface area contributed by atoms with Crippen LogP contribution in [0.2, 0.25) is 0 Å². The molecule has 2 nitrogen and oxygen atoms in total. The van der Waals surface area contributed by atoms with Gasteiger partial charge in [-0.1, -0.05) is 36.4 Å². The van der Waals surface area contributed by atoms with E-state index in [2.05, 4.69) is 0 Å². The maximum absolute atomic E-state index is 12.1. The first-order valence-corrected chi connectivity index (χ1v) is 7.84. The minimum Gasteiger partial charge on any atom is -0.453 e. The highest BCUT2D eigenvalue weighted by atomic mass is 32.2. The van der Waals surface area contributed by atoms with E-state index in [1.54, 1.807) is 30.0 Å². The van der Waals surface area contributed by atoms with Crippen LogP contribution >= 0.6 is 11.8 Å². The van der Waals surface area contributed by atoms with Gasteiger partial charge in [0.15, 0.2) is 5.76 Å². The maximum atomic E-state index is 12.1. The molecule has 0 aliphatic heterocycles. The fourth-order valence-electron chi connectivity index (χ4n) is 2.07. The molecule has 21 heavy (non-hydrogen) atoms. The molecule has 0 N–H and O–H groups in total. The normalized spacial score (nSPS) is 11.3. The average molecular weight is 294 g/mol. The highest BCUT2D eigenvalue weighted by Crippen LogP contribution is 2.20. The summed E-state index contributed by atoms with van der Waals surface area (Å²) in [4.78, 5) is 13.3. The number of benzene rings is 2. The summed E-state index contributed by atoms with van der Waals surface area (Å²) in [7, 11) is 0. The van der Waals surface area contributed by atoms with Crippen LogP contribution in [0.4, 0.5) is 0 Å². The Morgan fingerprint density at radius 1 is 1.10 bits per heavy atom. The summed E-state index contributed by atoms with van der Waals surface area (Å²) < 4.78 is 5.55. The number of carbonyl (C=O) groups excluding carboxylic acids is 1. The predicted molar refractivity (Wildman–Crippen MR) is 87.8 cm³/mol. The maximum Gasteiger partial charge on any atom is 0.221 e. The fraction of sp³-hybridized carbons (Fsp3) is 0.0556. The van der Waals surface area contributed by atoms with Gasteiger partial charge in [-0.2, -0.15) is 0 Å². The van der Waals surface area contributed by atoms with E-state index in [-0.39, 0.29) is 5.78 Å². The molecule has 3 aromatic rings. The van der Waals surface area contributed by atoms with Crippen molar-refractivity contribution in [3.63, 3.8) is 0 Å². The number of allylic oxidation sites excluding steroid dienone is 1. The third-order valence-corrected chi connectivity index (χ3v) is 3.95. The van der Waals surface area contributed by atoms with Gasteiger partial charge in [-0.15, -0.1) is 11.8 Å². The lowest BCUT2D eigenvalue weighted by molar-refractivity contribution is 0.102. The van der Waals surface area contributed by atoms with E-state index < -0.39 is 0 Å². The molecule has 0 aliphatic carbocycles. The SMILES string of the molecule is CSc1ccc(C=CC(=O)c2cc3ccccc3o2)cc1. The van der Waals surface area contributed by atoms with Crippen LogP contribution in [-0.4, -0.2) is 12.0 Å². The Morgan fingerprint density at radius 3 is 2.57 bits per heavy atom.